The summed E-state index contributed by atoms with van der Waals surface area (Å²) in [5.41, 5.74) is 4.95. The summed E-state index contributed by atoms with van der Waals surface area (Å²) >= 11 is 3.49. The van der Waals surface area contributed by atoms with E-state index in [1.54, 1.807) is 10.7 Å². The van der Waals surface area contributed by atoms with Gasteiger partial charge in [0, 0.05) is 21.5 Å². The van der Waals surface area contributed by atoms with E-state index in [1.807, 2.05) is 86.6 Å². The van der Waals surface area contributed by atoms with Crippen molar-refractivity contribution in [2.45, 2.75) is 25.8 Å². The highest BCUT2D eigenvalue weighted by molar-refractivity contribution is 9.10. The number of nitrogens with zero attached hydrogens (tertiary/aromatic N) is 2. The predicted octanol–water partition coefficient (Wildman–Crippen LogP) is 5.13. The average molecular weight is 515 g/mol. The molecule has 4 aromatic rings. The quantitative estimate of drug-likeness (QED) is 0.396. The molecule has 1 aliphatic rings. The number of nitrogens with one attached hydrogen (secondary N) is 2. The van der Waals surface area contributed by atoms with Gasteiger partial charge in [-0.15, -0.1) is 0 Å². The second kappa shape index (κ2) is 8.91. The van der Waals surface area contributed by atoms with Crippen LogP contribution in [0.3, 0.4) is 0 Å². The first-order valence-electron chi connectivity index (χ1n) is 11.0. The lowest BCUT2D eigenvalue weighted by atomic mass is 9.82. The number of anilines is 1. The van der Waals surface area contributed by atoms with E-state index in [0.717, 1.165) is 32.5 Å². The molecule has 2 atom stereocenters. The number of amides is 2. The summed E-state index contributed by atoms with van der Waals surface area (Å²) in [5.74, 6) is -0.341. The van der Waals surface area contributed by atoms with E-state index in [4.69, 9.17) is 5.10 Å². The summed E-state index contributed by atoms with van der Waals surface area (Å²) in [6, 6.07) is 24.1. The van der Waals surface area contributed by atoms with Gasteiger partial charge in [0.1, 0.15) is 11.9 Å². The first-order valence-corrected chi connectivity index (χ1v) is 11.8. The highest BCUT2D eigenvalue weighted by Crippen LogP contribution is 2.40. The molecule has 0 radical (unpaired) electrons. The first-order chi connectivity index (χ1) is 16.4. The Kier molecular flexibility index (Phi) is 5.79. The number of aryl methyl sites for hydroxylation is 2. The number of fused-ring (bicyclic) bond motifs is 1. The van der Waals surface area contributed by atoms with E-state index < -0.39 is 12.0 Å². The van der Waals surface area contributed by atoms with Gasteiger partial charge in [-0.3, -0.25) is 9.59 Å². The van der Waals surface area contributed by atoms with E-state index >= 15 is 0 Å². The van der Waals surface area contributed by atoms with Gasteiger partial charge in [0.2, 0.25) is 5.91 Å². The molecule has 1 aliphatic heterocycles. The van der Waals surface area contributed by atoms with Crippen LogP contribution in [0.25, 0.3) is 5.69 Å². The third-order valence-electron chi connectivity index (χ3n) is 6.07. The number of para-hydroxylation sites is 1. The molecule has 1 aromatic heterocycles. The van der Waals surface area contributed by atoms with Crippen molar-refractivity contribution in [2.75, 3.05) is 5.32 Å². The lowest BCUT2D eigenvalue weighted by molar-refractivity contribution is -0.118. The molecule has 0 saturated carbocycles. The van der Waals surface area contributed by atoms with Crippen molar-refractivity contribution in [1.29, 1.82) is 0 Å². The number of halogens is 1. The van der Waals surface area contributed by atoms with Gasteiger partial charge in [0.15, 0.2) is 0 Å². The fourth-order valence-corrected chi connectivity index (χ4v) is 4.75. The van der Waals surface area contributed by atoms with Crippen molar-refractivity contribution in [2.24, 2.45) is 0 Å². The van der Waals surface area contributed by atoms with Crippen molar-refractivity contribution in [1.82, 2.24) is 15.1 Å². The summed E-state index contributed by atoms with van der Waals surface area (Å²) in [6.07, 6.45) is 0. The first kappa shape index (κ1) is 22.1. The van der Waals surface area contributed by atoms with Crippen molar-refractivity contribution in [3.05, 3.63) is 111 Å². The van der Waals surface area contributed by atoms with Crippen molar-refractivity contribution in [3.63, 3.8) is 0 Å². The molecule has 34 heavy (non-hydrogen) atoms. The molecule has 3 aromatic carbocycles. The van der Waals surface area contributed by atoms with Crippen LogP contribution in [0.2, 0.25) is 0 Å². The zero-order valence-corrected chi connectivity index (χ0v) is 20.3. The fourth-order valence-electron chi connectivity index (χ4n) is 4.49. The van der Waals surface area contributed by atoms with E-state index in [1.165, 1.54) is 0 Å². The van der Waals surface area contributed by atoms with Crippen LogP contribution in [0, 0.1) is 13.8 Å². The summed E-state index contributed by atoms with van der Waals surface area (Å²) < 4.78 is 2.70. The zero-order chi connectivity index (χ0) is 23.8. The number of aromatic nitrogens is 2. The third kappa shape index (κ3) is 4.03. The molecule has 0 aliphatic carbocycles. The molecular formula is C27H23BrN4O2. The Balaban J connectivity index is 1.62. The maximum absolute atomic E-state index is 13.5. The Labute approximate surface area is 206 Å². The number of hydrogen-bond donors (Lipinski definition) is 2. The Hall–Kier alpha value is -3.71. The average Bonchev–Trinajstić information content (AvgIpc) is 3.16. The highest BCUT2D eigenvalue weighted by atomic mass is 79.9. The van der Waals surface area contributed by atoms with E-state index in [-0.39, 0.29) is 11.8 Å². The maximum Gasteiger partial charge on any atom is 0.251 e. The SMILES string of the molecule is Cc1cccc(C(=O)N[C@@H]2C(=O)Nc3c(c(C)nn3-c3ccccc3)[C@H]2c2ccc(Br)cc2)c1. The van der Waals surface area contributed by atoms with Crippen LogP contribution >= 0.6 is 15.9 Å². The molecule has 0 unspecified atom stereocenters. The molecule has 2 amide bonds. The summed E-state index contributed by atoms with van der Waals surface area (Å²) in [4.78, 5) is 26.6. The molecule has 0 bridgehead atoms. The van der Waals surface area contributed by atoms with Crippen LogP contribution in [-0.4, -0.2) is 27.6 Å². The van der Waals surface area contributed by atoms with E-state index in [0.29, 0.717) is 11.4 Å². The Morgan fingerprint density at radius 1 is 1.00 bits per heavy atom. The van der Waals surface area contributed by atoms with E-state index in [9.17, 15) is 9.59 Å². The minimum atomic E-state index is -0.797. The van der Waals surface area contributed by atoms with Gasteiger partial charge in [-0.25, -0.2) is 4.68 Å². The van der Waals surface area contributed by atoms with Gasteiger partial charge in [0.25, 0.3) is 5.91 Å². The lowest BCUT2D eigenvalue weighted by Gasteiger charge is -2.33. The Bertz CT molecular complexity index is 1380. The van der Waals surface area contributed by atoms with Gasteiger partial charge >= 0.3 is 0 Å². The predicted molar refractivity (Wildman–Crippen MR) is 135 cm³/mol. The highest BCUT2D eigenvalue weighted by Gasteiger charge is 2.41. The van der Waals surface area contributed by atoms with Crippen molar-refractivity contribution >= 4 is 33.6 Å². The second-order valence-corrected chi connectivity index (χ2v) is 9.35. The van der Waals surface area contributed by atoms with Crippen LogP contribution in [-0.2, 0) is 4.79 Å². The third-order valence-corrected chi connectivity index (χ3v) is 6.60. The number of hydrogen-bond acceptors (Lipinski definition) is 3. The van der Waals surface area contributed by atoms with Gasteiger partial charge in [-0.1, -0.05) is 64.0 Å². The fraction of sp³-hybridized carbons (Fsp3) is 0.148. The van der Waals surface area contributed by atoms with Gasteiger partial charge in [-0.05, 0) is 55.8 Å². The zero-order valence-electron chi connectivity index (χ0n) is 18.7. The van der Waals surface area contributed by atoms with Crippen molar-refractivity contribution < 1.29 is 9.59 Å². The Morgan fingerprint density at radius 2 is 1.74 bits per heavy atom. The molecule has 0 fully saturated rings. The normalized spacial score (nSPS) is 17.1. The molecule has 2 N–H and O–H groups in total. The van der Waals surface area contributed by atoms with Crippen LogP contribution < -0.4 is 10.6 Å². The molecule has 170 valence electrons. The summed E-state index contributed by atoms with van der Waals surface area (Å²) in [7, 11) is 0. The minimum absolute atomic E-state index is 0.279. The summed E-state index contributed by atoms with van der Waals surface area (Å²) in [5, 5.41) is 10.8. The molecule has 0 spiro atoms. The van der Waals surface area contributed by atoms with Gasteiger partial charge < -0.3 is 10.6 Å². The van der Waals surface area contributed by atoms with Gasteiger partial charge in [-0.2, -0.15) is 5.10 Å². The van der Waals surface area contributed by atoms with Crippen LogP contribution in [0.4, 0.5) is 5.82 Å². The largest absolute Gasteiger partial charge is 0.339 e. The number of carbonyl (C=O) groups excluding carboxylic acids is 2. The minimum Gasteiger partial charge on any atom is -0.339 e. The summed E-state index contributed by atoms with van der Waals surface area (Å²) in [6.45, 7) is 3.86. The maximum atomic E-state index is 13.5. The van der Waals surface area contributed by atoms with Gasteiger partial charge in [0.05, 0.1) is 11.4 Å². The molecule has 5 rings (SSSR count). The molecule has 6 nitrogen and oxygen atoms in total. The lowest BCUT2D eigenvalue weighted by Crippen LogP contribution is -2.50. The smallest absolute Gasteiger partial charge is 0.251 e. The Morgan fingerprint density at radius 3 is 2.44 bits per heavy atom. The molecule has 7 heteroatoms. The molecule has 0 saturated heterocycles. The standard InChI is InChI=1S/C27H23BrN4O2/c1-16-7-6-8-19(15-16)26(33)29-24-23(18-11-13-20(28)14-12-18)22-17(2)31-32(25(22)30-27(24)34)21-9-4-3-5-10-21/h3-15,23-24H,1-2H3,(H,29,33)(H,30,34)/t23-,24+/m1/s1. The second-order valence-electron chi connectivity index (χ2n) is 8.43. The van der Waals surface area contributed by atoms with Crippen molar-refractivity contribution in [3.8, 4) is 5.69 Å². The van der Waals surface area contributed by atoms with Crippen LogP contribution in [0.1, 0.15) is 38.7 Å². The van der Waals surface area contributed by atoms with Crippen LogP contribution in [0.5, 0.6) is 0 Å². The van der Waals surface area contributed by atoms with Crippen LogP contribution in [0.15, 0.2) is 83.3 Å². The topological polar surface area (TPSA) is 76.0 Å². The molecular weight excluding hydrogens is 492 g/mol. The number of carbonyl (C=O) groups is 2. The van der Waals surface area contributed by atoms with E-state index in [2.05, 4.69) is 26.6 Å². The monoisotopic (exact) mass is 514 g/mol. The number of benzene rings is 3. The number of rotatable bonds is 4. The molecule has 2 heterocycles.